The minimum absolute atomic E-state index is 0.0302. The van der Waals surface area contributed by atoms with E-state index in [-0.39, 0.29) is 34.5 Å². The van der Waals surface area contributed by atoms with Crippen molar-refractivity contribution in [3.05, 3.63) is 63.4 Å². The van der Waals surface area contributed by atoms with Crippen molar-refractivity contribution in [2.24, 2.45) is 7.05 Å². The van der Waals surface area contributed by atoms with Crippen LogP contribution < -0.4 is 15.4 Å². The molecule has 0 aliphatic heterocycles. The first kappa shape index (κ1) is 24.0. The first-order valence-corrected chi connectivity index (χ1v) is 10.8. The van der Waals surface area contributed by atoms with Crippen LogP contribution in [-0.4, -0.2) is 44.4 Å². The van der Waals surface area contributed by atoms with Gasteiger partial charge in [-0.1, -0.05) is 35.5 Å². The van der Waals surface area contributed by atoms with Gasteiger partial charge in [0.2, 0.25) is 11.8 Å². The van der Waals surface area contributed by atoms with E-state index in [2.05, 4.69) is 20.8 Å². The predicted molar refractivity (Wildman–Crippen MR) is 124 cm³/mol. The molecule has 0 radical (unpaired) electrons. The van der Waals surface area contributed by atoms with Gasteiger partial charge in [0.1, 0.15) is 11.6 Å². The molecule has 3 aromatic rings. The number of carbonyl (C=O) groups is 2. The van der Waals surface area contributed by atoms with Crippen LogP contribution in [0.1, 0.15) is 5.82 Å². The van der Waals surface area contributed by atoms with E-state index in [1.54, 1.807) is 35.9 Å². The molecule has 2 aromatic carbocycles. The molecular weight excluding hydrogens is 472 g/mol. The van der Waals surface area contributed by atoms with Gasteiger partial charge in [-0.2, -0.15) is 0 Å². The maximum Gasteiger partial charge on any atom is 0.271 e. The first-order chi connectivity index (χ1) is 15.8. The summed E-state index contributed by atoms with van der Waals surface area (Å²) in [5.74, 6) is 0.172. The van der Waals surface area contributed by atoms with Gasteiger partial charge in [0, 0.05) is 19.2 Å². The molecule has 33 heavy (non-hydrogen) atoms. The van der Waals surface area contributed by atoms with Crippen LogP contribution >= 0.6 is 23.4 Å². The monoisotopic (exact) mass is 490 g/mol. The fourth-order valence-electron chi connectivity index (χ4n) is 2.75. The van der Waals surface area contributed by atoms with Gasteiger partial charge in [-0.05, 0) is 18.2 Å². The molecule has 13 heteroatoms. The van der Waals surface area contributed by atoms with Crippen LogP contribution in [0, 0.1) is 10.1 Å². The fourth-order valence-corrected chi connectivity index (χ4v) is 3.64. The average Bonchev–Trinajstić information content (AvgIpc) is 3.13. The Balaban J connectivity index is 1.58. The third kappa shape index (κ3) is 6.20. The maximum absolute atomic E-state index is 12.4. The minimum Gasteiger partial charge on any atom is -0.495 e. The van der Waals surface area contributed by atoms with Crippen molar-refractivity contribution in [3.8, 4) is 5.75 Å². The van der Waals surface area contributed by atoms with E-state index in [1.165, 1.54) is 25.3 Å². The van der Waals surface area contributed by atoms with Crippen molar-refractivity contribution in [2.45, 2.75) is 11.6 Å². The summed E-state index contributed by atoms with van der Waals surface area (Å²) in [6.45, 7) is 0. The van der Waals surface area contributed by atoms with Crippen molar-refractivity contribution in [2.75, 3.05) is 23.5 Å². The second-order valence-corrected chi connectivity index (χ2v) is 7.99. The molecule has 0 bridgehead atoms. The topological polar surface area (TPSA) is 141 Å². The summed E-state index contributed by atoms with van der Waals surface area (Å²) in [4.78, 5) is 35.0. The summed E-state index contributed by atoms with van der Waals surface area (Å²) < 4.78 is 6.83. The van der Waals surface area contributed by atoms with Gasteiger partial charge < -0.3 is 19.9 Å². The third-order valence-corrected chi connectivity index (χ3v) is 5.74. The number of hydrogen-bond donors (Lipinski definition) is 2. The highest BCUT2D eigenvalue weighted by Crippen LogP contribution is 2.27. The molecule has 172 valence electrons. The summed E-state index contributed by atoms with van der Waals surface area (Å²) >= 11 is 7.10. The van der Waals surface area contributed by atoms with E-state index < -0.39 is 10.8 Å². The van der Waals surface area contributed by atoms with Crippen molar-refractivity contribution >= 4 is 52.2 Å². The third-order valence-electron chi connectivity index (χ3n) is 4.39. The Labute approximate surface area is 197 Å². The Morgan fingerprint density at radius 1 is 1.15 bits per heavy atom. The number of ether oxygens (including phenoxy) is 1. The Bertz CT molecular complexity index is 1200. The van der Waals surface area contributed by atoms with Gasteiger partial charge in [-0.3, -0.25) is 19.7 Å². The zero-order valence-corrected chi connectivity index (χ0v) is 19.1. The van der Waals surface area contributed by atoms with Gasteiger partial charge in [-0.25, -0.2) is 0 Å². The van der Waals surface area contributed by atoms with Crippen LogP contribution in [-0.2, 0) is 23.1 Å². The lowest BCUT2D eigenvalue weighted by atomic mass is 10.2. The Morgan fingerprint density at radius 3 is 2.61 bits per heavy atom. The molecular formula is C20H19ClN6O5S. The number of para-hydroxylation sites is 2. The van der Waals surface area contributed by atoms with Crippen LogP contribution in [0.2, 0.25) is 5.02 Å². The van der Waals surface area contributed by atoms with E-state index in [0.717, 1.165) is 11.8 Å². The number of carbonyl (C=O) groups excluding carboxylic acids is 2. The largest absolute Gasteiger partial charge is 0.495 e. The fraction of sp³-hybridized carbons (Fsp3) is 0.200. The van der Waals surface area contributed by atoms with Crippen molar-refractivity contribution in [1.82, 2.24) is 14.8 Å². The Kier molecular flexibility index (Phi) is 7.85. The maximum atomic E-state index is 12.4. The summed E-state index contributed by atoms with van der Waals surface area (Å²) in [6.07, 6.45) is -0.0302. The highest BCUT2D eigenvalue weighted by molar-refractivity contribution is 7.99. The van der Waals surface area contributed by atoms with E-state index in [1.807, 2.05) is 0 Å². The van der Waals surface area contributed by atoms with Crippen molar-refractivity contribution in [3.63, 3.8) is 0 Å². The molecule has 11 nitrogen and oxygen atoms in total. The SMILES string of the molecule is COc1ccccc1NC(=O)Cc1nnc(SCC(=O)Nc2cc([N+](=O)[O-])ccc2Cl)n1C. The van der Waals surface area contributed by atoms with E-state index in [0.29, 0.717) is 22.4 Å². The number of hydrogen-bond acceptors (Lipinski definition) is 8. The number of non-ortho nitro benzene ring substituents is 1. The normalized spacial score (nSPS) is 10.5. The van der Waals surface area contributed by atoms with E-state index in [9.17, 15) is 19.7 Å². The number of halogens is 1. The number of rotatable bonds is 9. The van der Waals surface area contributed by atoms with Crippen LogP contribution in [0.5, 0.6) is 5.75 Å². The summed E-state index contributed by atoms with van der Waals surface area (Å²) in [5.41, 5.74) is 0.494. The van der Waals surface area contributed by atoms with Gasteiger partial charge in [0.25, 0.3) is 5.69 Å². The van der Waals surface area contributed by atoms with Gasteiger partial charge in [-0.15, -0.1) is 10.2 Å². The molecule has 1 aromatic heterocycles. The Hall–Kier alpha value is -3.64. The van der Waals surface area contributed by atoms with Crippen LogP contribution in [0.25, 0.3) is 0 Å². The number of benzene rings is 2. The smallest absolute Gasteiger partial charge is 0.271 e. The molecule has 2 N–H and O–H groups in total. The van der Waals surface area contributed by atoms with E-state index >= 15 is 0 Å². The van der Waals surface area contributed by atoms with Crippen LogP contribution in [0.4, 0.5) is 17.1 Å². The number of nitro groups is 1. The molecule has 0 aliphatic carbocycles. The molecule has 0 aliphatic rings. The lowest BCUT2D eigenvalue weighted by Crippen LogP contribution is -2.17. The quantitative estimate of drug-likeness (QED) is 0.264. The highest BCUT2D eigenvalue weighted by atomic mass is 35.5. The zero-order valence-electron chi connectivity index (χ0n) is 17.6. The van der Waals surface area contributed by atoms with Gasteiger partial charge in [0.15, 0.2) is 5.16 Å². The number of amides is 2. The van der Waals surface area contributed by atoms with E-state index in [4.69, 9.17) is 16.3 Å². The van der Waals surface area contributed by atoms with Crippen LogP contribution in [0.15, 0.2) is 47.6 Å². The summed E-state index contributed by atoms with van der Waals surface area (Å²) in [5, 5.41) is 24.9. The minimum atomic E-state index is -0.578. The number of methoxy groups -OCH3 is 1. The average molecular weight is 491 g/mol. The summed E-state index contributed by atoms with van der Waals surface area (Å²) in [7, 11) is 3.20. The number of nitrogens with zero attached hydrogens (tertiary/aromatic N) is 4. The molecule has 0 saturated carbocycles. The molecule has 0 unspecified atom stereocenters. The van der Waals surface area contributed by atoms with Crippen molar-refractivity contribution in [1.29, 1.82) is 0 Å². The van der Waals surface area contributed by atoms with Crippen molar-refractivity contribution < 1.29 is 19.2 Å². The molecule has 0 saturated heterocycles. The number of anilines is 2. The molecule has 1 heterocycles. The standard InChI is InChI=1S/C20H19ClN6O5S/c1-26-17(10-18(28)22-14-5-3-4-6-16(14)32-2)24-25-20(26)33-11-19(29)23-15-9-12(27(30)31)7-8-13(15)21/h3-9H,10-11H2,1-2H3,(H,22,28)(H,23,29). The van der Waals surface area contributed by atoms with Crippen LogP contribution in [0.3, 0.4) is 0 Å². The molecule has 2 amide bonds. The van der Waals surface area contributed by atoms with Gasteiger partial charge in [0.05, 0.1) is 40.6 Å². The summed E-state index contributed by atoms with van der Waals surface area (Å²) in [6, 6.07) is 10.8. The molecule has 0 atom stereocenters. The number of nitrogens with one attached hydrogen (secondary N) is 2. The highest BCUT2D eigenvalue weighted by Gasteiger charge is 2.17. The second-order valence-electron chi connectivity index (χ2n) is 6.64. The number of aromatic nitrogens is 3. The second kappa shape index (κ2) is 10.8. The molecule has 0 spiro atoms. The Morgan fingerprint density at radius 2 is 1.88 bits per heavy atom. The number of thioether (sulfide) groups is 1. The lowest BCUT2D eigenvalue weighted by molar-refractivity contribution is -0.384. The lowest BCUT2D eigenvalue weighted by Gasteiger charge is -2.09. The predicted octanol–water partition coefficient (Wildman–Crippen LogP) is 3.30. The zero-order chi connectivity index (χ0) is 24.0. The van der Waals surface area contributed by atoms with Gasteiger partial charge >= 0.3 is 0 Å². The first-order valence-electron chi connectivity index (χ1n) is 9.46. The molecule has 3 rings (SSSR count). The number of nitro benzene ring substituents is 1. The molecule has 0 fully saturated rings.